The lowest BCUT2D eigenvalue weighted by Gasteiger charge is -2.38. The first-order chi connectivity index (χ1) is 18.2. The lowest BCUT2D eigenvalue weighted by Crippen LogP contribution is -2.49. The van der Waals surface area contributed by atoms with Gasteiger partial charge in [-0.05, 0) is 58.4 Å². The predicted octanol–water partition coefficient (Wildman–Crippen LogP) is 3.18. The summed E-state index contributed by atoms with van der Waals surface area (Å²) in [5.74, 6) is 1.47. The summed E-state index contributed by atoms with van der Waals surface area (Å²) in [5.41, 5.74) is 2.81. The second kappa shape index (κ2) is 10.7. The molecule has 11 nitrogen and oxygen atoms in total. The van der Waals surface area contributed by atoms with Crippen LogP contribution in [0.3, 0.4) is 0 Å². The van der Waals surface area contributed by atoms with Gasteiger partial charge in [-0.2, -0.15) is 0 Å². The van der Waals surface area contributed by atoms with Crippen LogP contribution >= 0.6 is 0 Å². The van der Waals surface area contributed by atoms with E-state index in [-0.39, 0.29) is 24.2 Å². The molecule has 4 heterocycles. The zero-order valence-electron chi connectivity index (χ0n) is 22.5. The third-order valence-electron chi connectivity index (χ3n) is 6.71. The van der Waals surface area contributed by atoms with E-state index in [0.29, 0.717) is 57.4 Å². The summed E-state index contributed by atoms with van der Waals surface area (Å²) in [4.78, 5) is 38.9. The van der Waals surface area contributed by atoms with Crippen molar-refractivity contribution in [2.75, 3.05) is 49.7 Å². The van der Waals surface area contributed by atoms with Crippen LogP contribution in [0, 0.1) is 0 Å². The first-order valence-corrected chi connectivity index (χ1v) is 13.1. The van der Waals surface area contributed by atoms with Crippen LogP contribution in [-0.2, 0) is 27.2 Å². The highest BCUT2D eigenvalue weighted by molar-refractivity contribution is 5.89. The van der Waals surface area contributed by atoms with Gasteiger partial charge in [0.15, 0.2) is 5.82 Å². The summed E-state index contributed by atoms with van der Waals surface area (Å²) in [6, 6.07) is 7.42. The topological polar surface area (TPSA) is 118 Å². The Hall–Kier alpha value is -3.44. The quantitative estimate of drug-likeness (QED) is 0.626. The van der Waals surface area contributed by atoms with Gasteiger partial charge in [0.25, 0.3) is 0 Å². The van der Waals surface area contributed by atoms with E-state index in [0.717, 1.165) is 29.2 Å². The summed E-state index contributed by atoms with van der Waals surface area (Å²) in [6.45, 7) is 11.7. The van der Waals surface area contributed by atoms with Crippen LogP contribution in [0.2, 0.25) is 0 Å². The Kier molecular flexibility index (Phi) is 7.40. The van der Waals surface area contributed by atoms with E-state index in [9.17, 15) is 9.59 Å². The molecule has 1 aromatic heterocycles. The minimum Gasteiger partial charge on any atom is -0.444 e. The Labute approximate surface area is 222 Å². The van der Waals surface area contributed by atoms with Crippen LogP contribution in [0.15, 0.2) is 24.3 Å². The lowest BCUT2D eigenvalue weighted by molar-refractivity contribution is 0.000735. The molecule has 1 aromatic carbocycles. The molecule has 0 spiro atoms. The molecule has 3 aliphatic heterocycles. The van der Waals surface area contributed by atoms with E-state index in [1.54, 1.807) is 4.90 Å². The highest BCUT2D eigenvalue weighted by atomic mass is 16.6. The van der Waals surface area contributed by atoms with Crippen molar-refractivity contribution in [1.29, 1.82) is 0 Å². The highest BCUT2D eigenvalue weighted by Crippen LogP contribution is 2.32. The van der Waals surface area contributed by atoms with Gasteiger partial charge in [-0.15, -0.1) is 0 Å². The van der Waals surface area contributed by atoms with Crippen LogP contribution < -0.4 is 15.5 Å². The Morgan fingerprint density at radius 1 is 1.05 bits per heavy atom. The molecule has 5 rings (SSSR count). The van der Waals surface area contributed by atoms with Crippen molar-refractivity contribution in [3.8, 4) is 11.4 Å². The Morgan fingerprint density at radius 3 is 2.47 bits per heavy atom. The number of rotatable bonds is 4. The molecule has 204 valence electrons. The van der Waals surface area contributed by atoms with Gasteiger partial charge in [0.2, 0.25) is 0 Å². The molecule has 2 N–H and O–H groups in total. The summed E-state index contributed by atoms with van der Waals surface area (Å²) in [6.07, 6.45) is 0.310. The van der Waals surface area contributed by atoms with Crippen LogP contribution in [0.5, 0.6) is 0 Å². The number of hydrogen-bond acceptors (Lipinski definition) is 8. The number of benzene rings is 1. The molecular weight excluding hydrogens is 488 g/mol. The summed E-state index contributed by atoms with van der Waals surface area (Å²) in [7, 11) is 0. The van der Waals surface area contributed by atoms with Gasteiger partial charge in [-0.25, -0.2) is 19.6 Å². The molecule has 38 heavy (non-hydrogen) atoms. The Morgan fingerprint density at radius 2 is 1.82 bits per heavy atom. The van der Waals surface area contributed by atoms with Gasteiger partial charge in [-0.1, -0.05) is 0 Å². The van der Waals surface area contributed by atoms with E-state index in [1.807, 2.05) is 45.0 Å². The maximum absolute atomic E-state index is 12.8. The SMILES string of the molecule is C[C@H]1COCCN1c1nc(-c2ccc(NC(=O)NC3COC3)cc2)nc2c1CCN(C(=O)OC(C)(C)C)C2. The fourth-order valence-electron chi connectivity index (χ4n) is 4.68. The van der Waals surface area contributed by atoms with Crippen LogP contribution in [0.25, 0.3) is 11.4 Å². The zero-order valence-corrected chi connectivity index (χ0v) is 22.5. The van der Waals surface area contributed by atoms with Gasteiger partial charge in [0, 0.05) is 29.9 Å². The number of amides is 3. The molecule has 0 aliphatic carbocycles. The van der Waals surface area contributed by atoms with Crippen molar-refractivity contribution in [3.05, 3.63) is 35.5 Å². The molecule has 3 aliphatic rings. The maximum atomic E-state index is 12.8. The average Bonchev–Trinajstić information content (AvgIpc) is 2.85. The largest absolute Gasteiger partial charge is 0.444 e. The molecule has 0 unspecified atom stereocenters. The summed E-state index contributed by atoms with van der Waals surface area (Å²) in [5, 5.41) is 5.71. The van der Waals surface area contributed by atoms with Gasteiger partial charge < -0.3 is 34.6 Å². The number of ether oxygens (including phenoxy) is 3. The number of carbonyl (C=O) groups excluding carboxylic acids is 2. The normalized spacial score (nSPS) is 19.8. The van der Waals surface area contributed by atoms with Crippen molar-refractivity contribution in [2.45, 2.75) is 58.3 Å². The molecule has 11 heteroatoms. The Balaban J connectivity index is 1.41. The van der Waals surface area contributed by atoms with Crippen molar-refractivity contribution < 1.29 is 23.8 Å². The first kappa shape index (κ1) is 26.2. The van der Waals surface area contributed by atoms with Crippen LogP contribution in [0.1, 0.15) is 39.0 Å². The standard InChI is InChI=1S/C27H36N6O5/c1-17-14-36-12-11-33(17)24-21-9-10-32(26(35)38-27(2,3)4)13-22(21)30-23(31-24)18-5-7-19(8-6-18)28-25(34)29-20-15-37-16-20/h5-8,17,20H,9-16H2,1-4H3,(H2,28,29,34)/t17-/m0/s1. The number of carbonyl (C=O) groups is 2. The molecule has 3 amide bonds. The smallest absolute Gasteiger partial charge is 0.410 e. The number of hydrogen-bond donors (Lipinski definition) is 2. The number of anilines is 2. The van der Waals surface area contributed by atoms with E-state index >= 15 is 0 Å². The maximum Gasteiger partial charge on any atom is 0.410 e. The molecule has 0 saturated carbocycles. The van der Waals surface area contributed by atoms with Crippen molar-refractivity contribution in [2.24, 2.45) is 0 Å². The third kappa shape index (κ3) is 5.99. The zero-order chi connectivity index (χ0) is 26.9. The van der Waals surface area contributed by atoms with E-state index in [1.165, 1.54) is 0 Å². The lowest BCUT2D eigenvalue weighted by atomic mass is 10.0. The number of nitrogens with zero attached hydrogens (tertiary/aromatic N) is 4. The van der Waals surface area contributed by atoms with E-state index < -0.39 is 5.60 Å². The fourth-order valence-corrected chi connectivity index (χ4v) is 4.68. The van der Waals surface area contributed by atoms with Crippen molar-refractivity contribution >= 4 is 23.6 Å². The number of aromatic nitrogens is 2. The second-order valence-corrected chi connectivity index (χ2v) is 11.0. The number of urea groups is 1. The molecule has 0 bridgehead atoms. The number of fused-ring (bicyclic) bond motifs is 1. The van der Waals surface area contributed by atoms with E-state index in [2.05, 4.69) is 22.5 Å². The molecule has 2 fully saturated rings. The van der Waals surface area contributed by atoms with Crippen molar-refractivity contribution in [3.63, 3.8) is 0 Å². The van der Waals surface area contributed by atoms with E-state index in [4.69, 9.17) is 24.2 Å². The Bertz CT molecular complexity index is 1180. The minimum absolute atomic E-state index is 0.0550. The fraction of sp³-hybridized carbons (Fsp3) is 0.556. The average molecular weight is 525 g/mol. The molecule has 0 radical (unpaired) electrons. The molecule has 2 aromatic rings. The number of nitrogens with one attached hydrogen (secondary N) is 2. The predicted molar refractivity (Wildman–Crippen MR) is 142 cm³/mol. The third-order valence-corrected chi connectivity index (χ3v) is 6.71. The van der Waals surface area contributed by atoms with Gasteiger partial charge in [-0.3, -0.25) is 0 Å². The monoisotopic (exact) mass is 524 g/mol. The molecule has 1 atom stereocenters. The highest BCUT2D eigenvalue weighted by Gasteiger charge is 2.32. The van der Waals surface area contributed by atoms with Gasteiger partial charge in [0.05, 0.1) is 50.7 Å². The molecular formula is C27H36N6O5. The van der Waals surface area contributed by atoms with Crippen molar-refractivity contribution in [1.82, 2.24) is 20.2 Å². The van der Waals surface area contributed by atoms with Crippen LogP contribution in [-0.4, -0.2) is 84.2 Å². The first-order valence-electron chi connectivity index (χ1n) is 13.1. The van der Waals surface area contributed by atoms with Crippen LogP contribution in [0.4, 0.5) is 21.1 Å². The second-order valence-electron chi connectivity index (χ2n) is 11.0. The van der Waals surface area contributed by atoms with Gasteiger partial charge >= 0.3 is 12.1 Å². The minimum atomic E-state index is -0.569. The summed E-state index contributed by atoms with van der Waals surface area (Å²) >= 11 is 0. The molecule has 2 saturated heterocycles. The summed E-state index contributed by atoms with van der Waals surface area (Å²) < 4.78 is 16.4. The number of morpholine rings is 1. The van der Waals surface area contributed by atoms with Gasteiger partial charge in [0.1, 0.15) is 11.4 Å².